The topological polar surface area (TPSA) is 76.8 Å². The number of nitrogen functional groups attached to an aromatic ring is 1. The molecule has 21 heavy (non-hydrogen) atoms. The van der Waals surface area contributed by atoms with Gasteiger partial charge in [0.2, 0.25) is 5.88 Å². The first kappa shape index (κ1) is 13.2. The monoisotopic (exact) mass is 280 g/mol. The van der Waals surface area contributed by atoms with Gasteiger partial charge < -0.3 is 10.5 Å². The van der Waals surface area contributed by atoms with Crippen LogP contribution in [0.1, 0.15) is 5.56 Å². The van der Waals surface area contributed by atoms with Gasteiger partial charge in [-0.1, -0.05) is 29.8 Å². The molecule has 0 aliphatic carbocycles. The molecule has 2 aromatic heterocycles. The second-order valence-electron chi connectivity index (χ2n) is 4.79. The predicted octanol–water partition coefficient (Wildman–Crippen LogP) is 3.04. The number of hydrogen-bond donors (Lipinski definition) is 2. The Morgan fingerprint density at radius 3 is 2.62 bits per heavy atom. The van der Waals surface area contributed by atoms with Crippen LogP contribution in [0.5, 0.6) is 5.88 Å². The Balaban J connectivity index is 2.19. The van der Waals surface area contributed by atoms with Crippen molar-refractivity contribution in [1.82, 2.24) is 15.2 Å². The van der Waals surface area contributed by atoms with E-state index < -0.39 is 0 Å². The maximum absolute atomic E-state index is 6.04. The van der Waals surface area contributed by atoms with E-state index in [0.717, 1.165) is 22.4 Å². The van der Waals surface area contributed by atoms with E-state index in [1.807, 2.05) is 43.3 Å². The number of benzene rings is 1. The molecule has 0 radical (unpaired) electrons. The van der Waals surface area contributed by atoms with Crippen LogP contribution in [0.25, 0.3) is 22.4 Å². The summed E-state index contributed by atoms with van der Waals surface area (Å²) in [6, 6.07) is 11.9. The van der Waals surface area contributed by atoms with Crippen molar-refractivity contribution in [2.75, 3.05) is 12.8 Å². The zero-order chi connectivity index (χ0) is 14.8. The van der Waals surface area contributed by atoms with Crippen molar-refractivity contribution in [3.63, 3.8) is 0 Å². The van der Waals surface area contributed by atoms with Gasteiger partial charge >= 0.3 is 0 Å². The van der Waals surface area contributed by atoms with E-state index in [-0.39, 0.29) is 0 Å². The maximum Gasteiger partial charge on any atom is 0.222 e. The van der Waals surface area contributed by atoms with E-state index >= 15 is 0 Å². The minimum Gasteiger partial charge on any atom is -0.481 e. The van der Waals surface area contributed by atoms with E-state index in [1.54, 1.807) is 13.3 Å². The van der Waals surface area contributed by atoms with Crippen LogP contribution in [0.3, 0.4) is 0 Å². The van der Waals surface area contributed by atoms with Crippen molar-refractivity contribution in [2.45, 2.75) is 6.92 Å². The van der Waals surface area contributed by atoms with Crippen molar-refractivity contribution < 1.29 is 4.74 Å². The normalized spacial score (nSPS) is 10.6. The fourth-order valence-corrected chi connectivity index (χ4v) is 2.31. The number of ether oxygens (including phenoxy) is 1. The van der Waals surface area contributed by atoms with Crippen molar-refractivity contribution in [3.05, 3.63) is 48.2 Å². The van der Waals surface area contributed by atoms with Crippen molar-refractivity contribution in [2.24, 2.45) is 0 Å². The highest BCUT2D eigenvalue weighted by Gasteiger charge is 2.18. The summed E-state index contributed by atoms with van der Waals surface area (Å²) in [4.78, 5) is 4.22. The third-order valence-corrected chi connectivity index (χ3v) is 3.37. The number of rotatable bonds is 3. The van der Waals surface area contributed by atoms with E-state index in [1.165, 1.54) is 5.56 Å². The Morgan fingerprint density at radius 1 is 1.14 bits per heavy atom. The fraction of sp³-hybridized carbons (Fsp3) is 0.125. The summed E-state index contributed by atoms with van der Waals surface area (Å²) in [5, 5.41) is 7.12. The van der Waals surface area contributed by atoms with Crippen LogP contribution in [0.15, 0.2) is 42.6 Å². The molecule has 0 saturated carbocycles. The van der Waals surface area contributed by atoms with Gasteiger partial charge in [-0.05, 0) is 24.6 Å². The molecule has 1 aromatic carbocycles. The number of H-pyrrole nitrogens is 1. The molecule has 3 N–H and O–H groups in total. The van der Waals surface area contributed by atoms with Gasteiger partial charge in [-0.15, -0.1) is 0 Å². The number of aromatic nitrogens is 3. The average Bonchev–Trinajstić information content (AvgIpc) is 2.90. The molecule has 3 aromatic rings. The first-order chi connectivity index (χ1) is 10.2. The summed E-state index contributed by atoms with van der Waals surface area (Å²) < 4.78 is 5.32. The number of hydrogen-bond acceptors (Lipinski definition) is 4. The number of methoxy groups -OCH3 is 1. The summed E-state index contributed by atoms with van der Waals surface area (Å²) in [5.41, 5.74) is 10.7. The van der Waals surface area contributed by atoms with Crippen molar-refractivity contribution in [3.8, 4) is 28.3 Å². The molecule has 106 valence electrons. The van der Waals surface area contributed by atoms with Gasteiger partial charge in [-0.25, -0.2) is 4.98 Å². The summed E-state index contributed by atoms with van der Waals surface area (Å²) in [6.45, 7) is 2.05. The Bertz CT molecular complexity index is 762. The number of pyridine rings is 1. The van der Waals surface area contributed by atoms with Crippen LogP contribution < -0.4 is 10.5 Å². The van der Waals surface area contributed by atoms with E-state index in [4.69, 9.17) is 10.5 Å². The molecule has 2 heterocycles. The Labute approximate surface area is 122 Å². The predicted molar refractivity (Wildman–Crippen MR) is 83.0 cm³/mol. The molecule has 0 spiro atoms. The number of aromatic amines is 1. The number of nitrogens with one attached hydrogen (secondary N) is 1. The minimum atomic E-state index is 0.458. The van der Waals surface area contributed by atoms with Crippen LogP contribution in [0.2, 0.25) is 0 Å². The van der Waals surface area contributed by atoms with Crippen LogP contribution in [0, 0.1) is 6.92 Å². The SMILES string of the molecule is COc1ncccc1-c1[nH]nc(N)c1-c1ccc(C)cc1. The Kier molecular flexibility index (Phi) is 3.31. The average molecular weight is 280 g/mol. The molecule has 3 rings (SSSR count). The van der Waals surface area contributed by atoms with Gasteiger partial charge in [0.25, 0.3) is 0 Å². The molecule has 0 aliphatic heterocycles. The first-order valence-electron chi connectivity index (χ1n) is 6.61. The van der Waals surface area contributed by atoms with Gasteiger partial charge in [0.1, 0.15) is 0 Å². The minimum absolute atomic E-state index is 0.458. The van der Waals surface area contributed by atoms with Crippen LogP contribution >= 0.6 is 0 Å². The number of nitrogens with two attached hydrogens (primary N) is 1. The highest BCUT2D eigenvalue weighted by atomic mass is 16.5. The van der Waals surface area contributed by atoms with Gasteiger partial charge in [0, 0.05) is 6.20 Å². The molecule has 0 amide bonds. The molecule has 5 nitrogen and oxygen atoms in total. The van der Waals surface area contributed by atoms with Gasteiger partial charge in [0.05, 0.1) is 23.9 Å². The Hall–Kier alpha value is -2.82. The summed E-state index contributed by atoms with van der Waals surface area (Å²) in [6.07, 6.45) is 1.69. The molecular formula is C16H16N4O. The van der Waals surface area contributed by atoms with Gasteiger partial charge in [-0.3, -0.25) is 5.10 Å². The molecular weight excluding hydrogens is 264 g/mol. The van der Waals surface area contributed by atoms with Crippen molar-refractivity contribution in [1.29, 1.82) is 0 Å². The lowest BCUT2D eigenvalue weighted by Gasteiger charge is -2.08. The van der Waals surface area contributed by atoms with Crippen LogP contribution in [-0.4, -0.2) is 22.3 Å². The lowest BCUT2D eigenvalue weighted by atomic mass is 10.0. The molecule has 0 aliphatic rings. The first-order valence-corrected chi connectivity index (χ1v) is 6.61. The molecule has 0 unspecified atom stereocenters. The standard InChI is InChI=1S/C16H16N4O/c1-10-5-7-11(8-6-10)13-14(19-20-15(13)17)12-4-3-9-18-16(12)21-2/h3-9H,1-2H3,(H3,17,19,20). The number of anilines is 1. The Morgan fingerprint density at radius 2 is 1.90 bits per heavy atom. The summed E-state index contributed by atoms with van der Waals surface area (Å²) in [5.74, 6) is 0.995. The van der Waals surface area contributed by atoms with Crippen molar-refractivity contribution >= 4 is 5.82 Å². The maximum atomic E-state index is 6.04. The number of nitrogens with zero attached hydrogens (tertiary/aromatic N) is 2. The van der Waals surface area contributed by atoms with E-state index in [9.17, 15) is 0 Å². The second-order valence-corrected chi connectivity index (χ2v) is 4.79. The van der Waals surface area contributed by atoms with Gasteiger partial charge in [-0.2, -0.15) is 5.10 Å². The van der Waals surface area contributed by atoms with Crippen LogP contribution in [0.4, 0.5) is 5.82 Å². The van der Waals surface area contributed by atoms with E-state index in [2.05, 4.69) is 15.2 Å². The third kappa shape index (κ3) is 2.33. The lowest BCUT2D eigenvalue weighted by Crippen LogP contribution is -1.93. The largest absolute Gasteiger partial charge is 0.481 e. The number of aryl methyl sites for hydroxylation is 1. The zero-order valence-electron chi connectivity index (χ0n) is 11.9. The molecule has 0 bridgehead atoms. The summed E-state index contributed by atoms with van der Waals surface area (Å²) >= 11 is 0. The highest BCUT2D eigenvalue weighted by Crippen LogP contribution is 2.37. The third-order valence-electron chi connectivity index (χ3n) is 3.37. The quantitative estimate of drug-likeness (QED) is 0.773. The lowest BCUT2D eigenvalue weighted by molar-refractivity contribution is 0.399. The molecule has 5 heteroatoms. The van der Waals surface area contributed by atoms with E-state index in [0.29, 0.717) is 11.7 Å². The highest BCUT2D eigenvalue weighted by molar-refractivity contribution is 5.89. The second kappa shape index (κ2) is 5.28. The zero-order valence-corrected chi connectivity index (χ0v) is 11.9. The molecule has 0 fully saturated rings. The van der Waals surface area contributed by atoms with Gasteiger partial charge in [0.15, 0.2) is 5.82 Å². The molecule has 0 atom stereocenters. The molecule has 0 saturated heterocycles. The van der Waals surface area contributed by atoms with Crippen LogP contribution in [-0.2, 0) is 0 Å². The summed E-state index contributed by atoms with van der Waals surface area (Å²) in [7, 11) is 1.59. The fourth-order valence-electron chi connectivity index (χ4n) is 2.31. The smallest absolute Gasteiger partial charge is 0.222 e.